The van der Waals surface area contributed by atoms with Gasteiger partial charge >= 0.3 is 0 Å². The van der Waals surface area contributed by atoms with Gasteiger partial charge < -0.3 is 9.88 Å². The maximum absolute atomic E-state index is 13.7. The SMILES string of the molecule is CCn1c(SCC(=O)Nc2ccc(F)cc2F)nnc1-c1ccc(C(C)(C)C)cc1. The summed E-state index contributed by atoms with van der Waals surface area (Å²) in [5, 5.41) is 11.6. The summed E-state index contributed by atoms with van der Waals surface area (Å²) in [5.74, 6) is -1.17. The first-order chi connectivity index (χ1) is 14.2. The van der Waals surface area contributed by atoms with Gasteiger partial charge in [-0.25, -0.2) is 8.78 Å². The number of aromatic nitrogens is 3. The molecule has 30 heavy (non-hydrogen) atoms. The van der Waals surface area contributed by atoms with E-state index >= 15 is 0 Å². The third-order valence-corrected chi connectivity index (χ3v) is 5.55. The third-order valence-electron chi connectivity index (χ3n) is 4.58. The van der Waals surface area contributed by atoms with Crippen LogP contribution >= 0.6 is 11.8 Å². The van der Waals surface area contributed by atoms with Crippen molar-refractivity contribution in [1.29, 1.82) is 0 Å². The molecule has 0 fully saturated rings. The summed E-state index contributed by atoms with van der Waals surface area (Å²) in [7, 11) is 0. The molecule has 0 unspecified atom stereocenters. The van der Waals surface area contributed by atoms with Crippen LogP contribution in [0.15, 0.2) is 47.6 Å². The summed E-state index contributed by atoms with van der Waals surface area (Å²) in [5.41, 5.74) is 2.18. The lowest BCUT2D eigenvalue weighted by atomic mass is 9.87. The summed E-state index contributed by atoms with van der Waals surface area (Å²) >= 11 is 1.21. The first-order valence-electron chi connectivity index (χ1n) is 9.61. The number of nitrogens with zero attached hydrogens (tertiary/aromatic N) is 3. The summed E-state index contributed by atoms with van der Waals surface area (Å²) in [4.78, 5) is 12.2. The highest BCUT2D eigenvalue weighted by molar-refractivity contribution is 7.99. The van der Waals surface area contributed by atoms with Crippen LogP contribution in [0.25, 0.3) is 11.4 Å². The Morgan fingerprint density at radius 3 is 2.40 bits per heavy atom. The van der Waals surface area contributed by atoms with E-state index < -0.39 is 17.5 Å². The smallest absolute Gasteiger partial charge is 0.234 e. The Morgan fingerprint density at radius 1 is 1.10 bits per heavy atom. The Hall–Kier alpha value is -2.74. The Kier molecular flexibility index (Phi) is 6.55. The highest BCUT2D eigenvalue weighted by atomic mass is 32.2. The van der Waals surface area contributed by atoms with Crippen LogP contribution in [0.5, 0.6) is 0 Å². The Balaban J connectivity index is 1.70. The van der Waals surface area contributed by atoms with Crippen molar-refractivity contribution in [2.24, 2.45) is 0 Å². The van der Waals surface area contributed by atoms with Crippen molar-refractivity contribution in [3.05, 3.63) is 59.7 Å². The molecule has 0 atom stereocenters. The molecule has 0 aliphatic heterocycles. The number of rotatable bonds is 6. The number of hydrogen-bond acceptors (Lipinski definition) is 4. The van der Waals surface area contributed by atoms with Crippen LogP contribution in [0.4, 0.5) is 14.5 Å². The molecule has 8 heteroatoms. The number of amides is 1. The molecule has 158 valence electrons. The van der Waals surface area contributed by atoms with Crippen LogP contribution < -0.4 is 5.32 Å². The zero-order valence-electron chi connectivity index (χ0n) is 17.4. The van der Waals surface area contributed by atoms with Gasteiger partial charge in [0.2, 0.25) is 5.91 Å². The molecule has 2 aromatic carbocycles. The van der Waals surface area contributed by atoms with Crippen LogP contribution in [0, 0.1) is 11.6 Å². The minimum Gasteiger partial charge on any atom is -0.323 e. The molecule has 0 aliphatic rings. The van der Waals surface area contributed by atoms with E-state index in [9.17, 15) is 13.6 Å². The van der Waals surface area contributed by atoms with Gasteiger partial charge in [-0.15, -0.1) is 10.2 Å². The molecule has 1 amide bonds. The average Bonchev–Trinajstić information content (AvgIpc) is 3.11. The van der Waals surface area contributed by atoms with Gasteiger partial charge in [0.15, 0.2) is 11.0 Å². The third kappa shape index (κ3) is 5.05. The number of anilines is 1. The van der Waals surface area contributed by atoms with Crippen molar-refractivity contribution >= 4 is 23.4 Å². The molecule has 1 N–H and O–H groups in total. The van der Waals surface area contributed by atoms with Crippen LogP contribution in [-0.4, -0.2) is 26.4 Å². The number of hydrogen-bond donors (Lipinski definition) is 1. The number of thioether (sulfide) groups is 1. The van der Waals surface area contributed by atoms with E-state index in [1.54, 1.807) is 0 Å². The fraction of sp³-hybridized carbons (Fsp3) is 0.318. The van der Waals surface area contributed by atoms with Gasteiger partial charge in [0.1, 0.15) is 11.6 Å². The second-order valence-electron chi connectivity index (χ2n) is 7.84. The maximum atomic E-state index is 13.7. The van der Waals surface area contributed by atoms with Crippen molar-refractivity contribution < 1.29 is 13.6 Å². The van der Waals surface area contributed by atoms with Gasteiger partial charge in [0.25, 0.3) is 0 Å². The number of nitrogens with one attached hydrogen (secondary N) is 1. The lowest BCUT2D eigenvalue weighted by Crippen LogP contribution is -2.15. The van der Waals surface area contributed by atoms with Gasteiger partial charge in [-0.3, -0.25) is 4.79 Å². The lowest BCUT2D eigenvalue weighted by Gasteiger charge is -2.19. The summed E-state index contributed by atoms with van der Waals surface area (Å²) in [6.45, 7) is 9.10. The zero-order valence-corrected chi connectivity index (χ0v) is 18.2. The van der Waals surface area contributed by atoms with Gasteiger partial charge in [-0.05, 0) is 30.0 Å². The molecule has 5 nitrogen and oxygen atoms in total. The van der Waals surface area contributed by atoms with Gasteiger partial charge in [0, 0.05) is 18.2 Å². The fourth-order valence-corrected chi connectivity index (χ4v) is 3.72. The van der Waals surface area contributed by atoms with Crippen LogP contribution in [0.2, 0.25) is 0 Å². The molecule has 1 heterocycles. The second-order valence-corrected chi connectivity index (χ2v) is 8.78. The van der Waals surface area contributed by atoms with Crippen molar-refractivity contribution in [2.75, 3.05) is 11.1 Å². The van der Waals surface area contributed by atoms with E-state index in [0.29, 0.717) is 11.7 Å². The molecule has 0 radical (unpaired) electrons. The number of halogens is 2. The van der Waals surface area contributed by atoms with E-state index in [2.05, 4.69) is 48.4 Å². The molecule has 0 saturated carbocycles. The molecule has 0 aliphatic carbocycles. The van der Waals surface area contributed by atoms with Crippen molar-refractivity contribution in [3.8, 4) is 11.4 Å². The molecule has 1 aromatic heterocycles. The Bertz CT molecular complexity index is 1040. The zero-order chi connectivity index (χ0) is 21.9. The second kappa shape index (κ2) is 8.95. The van der Waals surface area contributed by atoms with Crippen molar-refractivity contribution in [1.82, 2.24) is 14.8 Å². The normalized spacial score (nSPS) is 11.5. The van der Waals surface area contributed by atoms with Gasteiger partial charge in [0.05, 0.1) is 11.4 Å². The molecular weight excluding hydrogens is 406 g/mol. The highest BCUT2D eigenvalue weighted by Crippen LogP contribution is 2.28. The molecule has 3 aromatic rings. The largest absolute Gasteiger partial charge is 0.323 e. The van der Waals surface area contributed by atoms with Gasteiger partial charge in [-0.2, -0.15) is 0 Å². The quantitative estimate of drug-likeness (QED) is 0.541. The standard InChI is InChI=1S/C22H24F2N4OS/c1-5-28-20(14-6-8-15(9-7-14)22(2,3)4)26-27-21(28)30-13-19(29)25-18-11-10-16(23)12-17(18)24/h6-12H,5,13H2,1-4H3,(H,25,29). The van der Waals surface area contributed by atoms with Crippen molar-refractivity contribution in [3.63, 3.8) is 0 Å². The molecular formula is C22H24F2N4OS. The fourth-order valence-electron chi connectivity index (χ4n) is 2.92. The van der Waals surface area contributed by atoms with E-state index in [1.165, 1.54) is 23.4 Å². The molecule has 0 saturated heterocycles. The van der Waals surface area contributed by atoms with E-state index in [-0.39, 0.29) is 16.9 Å². The topological polar surface area (TPSA) is 59.8 Å². The van der Waals surface area contributed by atoms with Gasteiger partial charge in [-0.1, -0.05) is 56.8 Å². The minimum atomic E-state index is -0.814. The maximum Gasteiger partial charge on any atom is 0.234 e. The number of carbonyl (C=O) groups excluding carboxylic acids is 1. The first kappa shape index (κ1) is 22.0. The Morgan fingerprint density at radius 2 is 1.80 bits per heavy atom. The van der Waals surface area contributed by atoms with E-state index in [4.69, 9.17) is 0 Å². The molecule has 0 spiro atoms. The lowest BCUT2D eigenvalue weighted by molar-refractivity contribution is -0.113. The first-order valence-corrected chi connectivity index (χ1v) is 10.6. The average molecular weight is 431 g/mol. The molecule has 3 rings (SSSR count). The number of benzene rings is 2. The monoisotopic (exact) mass is 430 g/mol. The van der Waals surface area contributed by atoms with E-state index in [1.807, 2.05) is 23.6 Å². The van der Waals surface area contributed by atoms with Crippen LogP contribution in [0.3, 0.4) is 0 Å². The van der Waals surface area contributed by atoms with Crippen LogP contribution in [-0.2, 0) is 16.8 Å². The predicted molar refractivity (Wildman–Crippen MR) is 116 cm³/mol. The summed E-state index contributed by atoms with van der Waals surface area (Å²) in [6.07, 6.45) is 0. The summed E-state index contributed by atoms with van der Waals surface area (Å²) in [6, 6.07) is 11.2. The van der Waals surface area contributed by atoms with Crippen molar-refractivity contribution in [2.45, 2.75) is 44.8 Å². The minimum absolute atomic E-state index is 0.0257. The van der Waals surface area contributed by atoms with E-state index in [0.717, 1.165) is 23.5 Å². The summed E-state index contributed by atoms with van der Waals surface area (Å²) < 4.78 is 28.6. The predicted octanol–water partition coefficient (Wildman–Crippen LogP) is 5.27. The van der Waals surface area contributed by atoms with Crippen LogP contribution in [0.1, 0.15) is 33.3 Å². The highest BCUT2D eigenvalue weighted by Gasteiger charge is 2.17. The number of carbonyl (C=O) groups is 1. The molecule has 0 bridgehead atoms. The Labute approximate surface area is 178 Å².